The van der Waals surface area contributed by atoms with Gasteiger partial charge in [-0.3, -0.25) is 14.4 Å². The molecule has 7 nitrogen and oxygen atoms in total. The van der Waals surface area contributed by atoms with E-state index in [1.807, 2.05) is 27.7 Å². The maximum absolute atomic E-state index is 11.4. The van der Waals surface area contributed by atoms with Crippen molar-refractivity contribution in [1.82, 2.24) is 10.6 Å². The van der Waals surface area contributed by atoms with Crippen LogP contribution in [0.4, 0.5) is 0 Å². The average Bonchev–Trinajstić information content (AvgIpc) is 2.55. The second-order valence-electron chi connectivity index (χ2n) is 6.92. The predicted octanol–water partition coefficient (Wildman–Crippen LogP) is 1.83. The van der Waals surface area contributed by atoms with E-state index in [0.29, 0.717) is 51.7 Å². The van der Waals surface area contributed by atoms with Crippen LogP contribution in [0.1, 0.15) is 59.8 Å². The van der Waals surface area contributed by atoms with Crippen molar-refractivity contribution in [3.63, 3.8) is 0 Å². The fraction of sp³-hybridized carbons (Fsp3) is 0.842. The molecule has 0 bridgehead atoms. The van der Waals surface area contributed by atoms with Crippen molar-refractivity contribution in [3.05, 3.63) is 0 Å². The summed E-state index contributed by atoms with van der Waals surface area (Å²) in [4.78, 5) is 32.3. The van der Waals surface area contributed by atoms with E-state index in [1.54, 1.807) is 0 Å². The van der Waals surface area contributed by atoms with Crippen LogP contribution in [0.2, 0.25) is 0 Å². The van der Waals surface area contributed by atoms with Gasteiger partial charge in [0.25, 0.3) is 0 Å². The summed E-state index contributed by atoms with van der Waals surface area (Å²) in [5, 5.41) is 5.45. The smallest absolute Gasteiger partial charge is 0.222 e. The first-order valence-corrected chi connectivity index (χ1v) is 9.55. The van der Waals surface area contributed by atoms with Crippen molar-refractivity contribution in [2.75, 3.05) is 26.4 Å². The van der Waals surface area contributed by atoms with Gasteiger partial charge in [0.1, 0.15) is 5.78 Å². The lowest BCUT2D eigenvalue weighted by molar-refractivity contribution is -0.124. The largest absolute Gasteiger partial charge is 0.380 e. The lowest BCUT2D eigenvalue weighted by Crippen LogP contribution is -2.39. The first-order valence-electron chi connectivity index (χ1n) is 9.55. The third kappa shape index (κ3) is 14.8. The molecule has 1 rings (SSSR count). The van der Waals surface area contributed by atoms with E-state index in [-0.39, 0.29) is 23.7 Å². The highest BCUT2D eigenvalue weighted by Crippen LogP contribution is 2.17. The zero-order valence-electron chi connectivity index (χ0n) is 16.7. The van der Waals surface area contributed by atoms with Crippen molar-refractivity contribution in [3.8, 4) is 0 Å². The number of hydrogen-bond acceptors (Lipinski definition) is 5. The van der Waals surface area contributed by atoms with E-state index in [4.69, 9.17) is 9.47 Å². The van der Waals surface area contributed by atoms with Crippen LogP contribution in [0, 0.1) is 5.92 Å². The molecular formula is C19H36N2O5. The maximum atomic E-state index is 11.4. The Morgan fingerprint density at radius 1 is 1.08 bits per heavy atom. The Hall–Kier alpha value is -1.47. The third-order valence-corrected chi connectivity index (χ3v) is 3.86. The van der Waals surface area contributed by atoms with Crippen LogP contribution < -0.4 is 10.6 Å². The summed E-state index contributed by atoms with van der Waals surface area (Å²) in [5.41, 5.74) is 0. The first kappa shape index (κ1) is 24.5. The molecule has 0 aromatic carbocycles. The molecule has 2 amide bonds. The summed E-state index contributed by atoms with van der Waals surface area (Å²) in [6.45, 7) is 9.71. The molecule has 0 aromatic rings. The van der Waals surface area contributed by atoms with Gasteiger partial charge in [-0.2, -0.15) is 0 Å². The zero-order valence-corrected chi connectivity index (χ0v) is 16.7. The average molecular weight is 373 g/mol. The highest BCUT2D eigenvalue weighted by molar-refractivity contribution is 5.80. The van der Waals surface area contributed by atoms with Crippen molar-refractivity contribution in [1.29, 1.82) is 0 Å². The monoisotopic (exact) mass is 372 g/mol. The predicted molar refractivity (Wildman–Crippen MR) is 101 cm³/mol. The Morgan fingerprint density at radius 3 is 2.23 bits per heavy atom. The molecule has 0 atom stereocenters. The molecule has 0 unspecified atom stereocenters. The molecule has 0 saturated heterocycles. The van der Waals surface area contributed by atoms with Crippen LogP contribution >= 0.6 is 0 Å². The summed E-state index contributed by atoms with van der Waals surface area (Å²) in [7, 11) is 0. The number of ketones is 1. The lowest BCUT2D eigenvalue weighted by Gasteiger charge is -2.26. The first-order chi connectivity index (χ1) is 12.4. The van der Waals surface area contributed by atoms with Gasteiger partial charge in [0.15, 0.2) is 0 Å². The second kappa shape index (κ2) is 15.8. The fourth-order valence-corrected chi connectivity index (χ4v) is 1.99. The summed E-state index contributed by atoms with van der Waals surface area (Å²) < 4.78 is 10.4. The topological polar surface area (TPSA) is 93.7 Å². The number of rotatable bonds is 13. The number of nitrogens with one attached hydrogen (secondary N) is 2. The van der Waals surface area contributed by atoms with Gasteiger partial charge in [-0.15, -0.1) is 0 Å². The molecular weight excluding hydrogens is 336 g/mol. The maximum Gasteiger partial charge on any atom is 0.222 e. The fourth-order valence-electron chi connectivity index (χ4n) is 1.99. The number of hydrogen-bond donors (Lipinski definition) is 2. The Bertz CT molecular complexity index is 395. The molecule has 0 heterocycles. The Labute approximate surface area is 157 Å². The molecule has 0 radical (unpaired) electrons. The molecule has 26 heavy (non-hydrogen) atoms. The van der Waals surface area contributed by atoms with Crippen molar-refractivity contribution in [2.24, 2.45) is 5.92 Å². The minimum absolute atomic E-state index is 0.0601. The quantitative estimate of drug-likeness (QED) is 0.380. The van der Waals surface area contributed by atoms with Gasteiger partial charge < -0.3 is 20.1 Å². The number of carbonyl (C=O) groups is 3. The summed E-state index contributed by atoms with van der Waals surface area (Å²) in [5.74, 6) is 0.342. The van der Waals surface area contributed by atoms with Gasteiger partial charge in [-0.25, -0.2) is 0 Å². The standard InChI is InChI=1S/C13H23NO3.C6H13NO2/c1-10(2)12(15)6-8-17-9-7-13(16)14-11-4-3-5-11;1-6(2)9-4-3-7-5-8/h10-11H,3-9H2,1-2H3,(H,14,16);5-6H,3-4H2,1-2H3,(H,7,8). The van der Waals surface area contributed by atoms with E-state index in [2.05, 4.69) is 10.6 Å². The SMILES string of the molecule is CC(C)C(=O)CCOCCC(=O)NC1CCC1.CC(C)OCCNC=O. The van der Waals surface area contributed by atoms with Crippen LogP contribution in [0.25, 0.3) is 0 Å². The van der Waals surface area contributed by atoms with E-state index < -0.39 is 0 Å². The van der Waals surface area contributed by atoms with Crippen LogP contribution in [-0.2, 0) is 23.9 Å². The van der Waals surface area contributed by atoms with Gasteiger partial charge in [0.05, 0.1) is 25.9 Å². The minimum Gasteiger partial charge on any atom is -0.380 e. The molecule has 1 aliphatic carbocycles. The van der Waals surface area contributed by atoms with Gasteiger partial charge >= 0.3 is 0 Å². The Kier molecular flexibility index (Phi) is 14.9. The van der Waals surface area contributed by atoms with Crippen LogP contribution in [0.3, 0.4) is 0 Å². The van der Waals surface area contributed by atoms with Crippen molar-refractivity contribution in [2.45, 2.75) is 71.9 Å². The Morgan fingerprint density at radius 2 is 1.73 bits per heavy atom. The molecule has 0 spiro atoms. The summed E-state index contributed by atoms with van der Waals surface area (Å²) in [6.07, 6.45) is 5.19. The number of ether oxygens (including phenoxy) is 2. The van der Waals surface area contributed by atoms with Crippen LogP contribution in [0.15, 0.2) is 0 Å². The van der Waals surface area contributed by atoms with Gasteiger partial charge in [-0.1, -0.05) is 13.8 Å². The van der Waals surface area contributed by atoms with E-state index in [0.717, 1.165) is 12.8 Å². The van der Waals surface area contributed by atoms with Crippen molar-refractivity contribution >= 4 is 18.1 Å². The van der Waals surface area contributed by atoms with Crippen LogP contribution in [-0.4, -0.2) is 56.6 Å². The normalized spacial score (nSPS) is 13.6. The van der Waals surface area contributed by atoms with E-state index in [1.165, 1.54) is 6.42 Å². The lowest BCUT2D eigenvalue weighted by atomic mass is 9.93. The van der Waals surface area contributed by atoms with Crippen molar-refractivity contribution < 1.29 is 23.9 Å². The summed E-state index contributed by atoms with van der Waals surface area (Å²) >= 11 is 0. The number of Topliss-reactive ketones (excluding diaryl/α,β-unsaturated/α-hetero) is 1. The summed E-state index contributed by atoms with van der Waals surface area (Å²) in [6, 6.07) is 0.394. The molecule has 0 aromatic heterocycles. The molecule has 1 aliphatic rings. The molecule has 0 aliphatic heterocycles. The molecule has 152 valence electrons. The van der Waals surface area contributed by atoms with Gasteiger partial charge in [-0.05, 0) is 33.1 Å². The highest BCUT2D eigenvalue weighted by Gasteiger charge is 2.18. The van der Waals surface area contributed by atoms with E-state index in [9.17, 15) is 14.4 Å². The molecule has 1 saturated carbocycles. The minimum atomic E-state index is 0.0601. The zero-order chi connectivity index (χ0) is 19.8. The highest BCUT2D eigenvalue weighted by atomic mass is 16.5. The van der Waals surface area contributed by atoms with Gasteiger partial charge in [0, 0.05) is 31.3 Å². The molecule has 7 heteroatoms. The van der Waals surface area contributed by atoms with Gasteiger partial charge in [0.2, 0.25) is 12.3 Å². The number of amides is 2. The molecule has 1 fully saturated rings. The number of carbonyl (C=O) groups excluding carboxylic acids is 3. The third-order valence-electron chi connectivity index (χ3n) is 3.86. The Balaban J connectivity index is 0.000000590. The van der Waals surface area contributed by atoms with Crippen LogP contribution in [0.5, 0.6) is 0 Å². The second-order valence-corrected chi connectivity index (χ2v) is 6.92. The van der Waals surface area contributed by atoms with E-state index >= 15 is 0 Å². The molecule has 2 N–H and O–H groups in total.